The molecule has 0 atom stereocenters. The van der Waals surface area contributed by atoms with Gasteiger partial charge in [0.15, 0.2) is 5.76 Å². The number of methoxy groups -OCH3 is 1. The molecule has 1 saturated heterocycles. The molecule has 4 rings (SSSR count). The summed E-state index contributed by atoms with van der Waals surface area (Å²) in [5.74, 6) is -0.157. The van der Waals surface area contributed by atoms with Gasteiger partial charge in [0.05, 0.1) is 30.3 Å². The third-order valence-corrected chi connectivity index (χ3v) is 5.33. The van der Waals surface area contributed by atoms with Crippen molar-refractivity contribution in [2.24, 2.45) is 0 Å². The zero-order valence-electron chi connectivity index (χ0n) is 17.0. The van der Waals surface area contributed by atoms with Gasteiger partial charge in [-0.3, -0.25) is 19.0 Å². The third kappa shape index (κ3) is 4.02. The maximum atomic E-state index is 12.9. The first-order chi connectivity index (χ1) is 15.0. The van der Waals surface area contributed by atoms with Crippen molar-refractivity contribution in [3.8, 4) is 0 Å². The van der Waals surface area contributed by atoms with Crippen molar-refractivity contribution >= 4 is 22.7 Å². The van der Waals surface area contributed by atoms with E-state index in [9.17, 15) is 19.2 Å². The minimum absolute atomic E-state index is 0.141. The van der Waals surface area contributed by atoms with Crippen molar-refractivity contribution in [2.75, 3.05) is 39.9 Å². The van der Waals surface area contributed by atoms with Crippen LogP contribution in [0.2, 0.25) is 0 Å². The highest BCUT2D eigenvalue weighted by molar-refractivity contribution is 5.98. The van der Waals surface area contributed by atoms with Crippen LogP contribution >= 0.6 is 0 Å². The molecule has 1 aliphatic rings. The zero-order valence-corrected chi connectivity index (χ0v) is 17.0. The summed E-state index contributed by atoms with van der Waals surface area (Å²) in [4.78, 5) is 56.1. The first kappa shape index (κ1) is 20.6. The van der Waals surface area contributed by atoms with E-state index in [4.69, 9.17) is 9.15 Å². The lowest BCUT2D eigenvalue weighted by Gasteiger charge is -2.34. The molecule has 0 aliphatic carbocycles. The number of hydrogen-bond acceptors (Lipinski definition) is 6. The summed E-state index contributed by atoms with van der Waals surface area (Å²) in [5, 5.41) is 0.320. The lowest BCUT2D eigenvalue weighted by Crippen LogP contribution is -2.50. The summed E-state index contributed by atoms with van der Waals surface area (Å²) >= 11 is 0. The fourth-order valence-electron chi connectivity index (χ4n) is 3.62. The Labute approximate surface area is 176 Å². The molecule has 10 nitrogen and oxygen atoms in total. The molecule has 3 aromatic rings. The second-order valence-corrected chi connectivity index (χ2v) is 7.20. The fraction of sp³-hybridized carbons (Fsp3) is 0.333. The lowest BCUT2D eigenvalue weighted by molar-refractivity contribution is 0.0518. The Hall–Kier alpha value is -3.66. The minimum Gasteiger partial charge on any atom is -0.459 e. The monoisotopic (exact) mass is 426 g/mol. The summed E-state index contributed by atoms with van der Waals surface area (Å²) in [7, 11) is 1.49. The minimum atomic E-state index is -0.552. The molecule has 0 unspecified atom stereocenters. The van der Waals surface area contributed by atoms with E-state index in [0.717, 1.165) is 4.57 Å². The van der Waals surface area contributed by atoms with Crippen molar-refractivity contribution in [3.05, 3.63) is 68.8 Å². The molecule has 1 aliphatic heterocycles. The smallest absolute Gasteiger partial charge is 0.328 e. The van der Waals surface area contributed by atoms with Crippen LogP contribution in [0.15, 0.2) is 50.6 Å². The molecule has 0 radical (unpaired) electrons. The Balaban J connectivity index is 1.50. The average Bonchev–Trinajstić information content (AvgIpc) is 3.33. The van der Waals surface area contributed by atoms with E-state index in [1.165, 1.54) is 19.4 Å². The number of H-pyrrole nitrogens is 1. The second kappa shape index (κ2) is 8.60. The van der Waals surface area contributed by atoms with Crippen LogP contribution in [-0.2, 0) is 11.3 Å². The first-order valence-corrected chi connectivity index (χ1v) is 9.87. The van der Waals surface area contributed by atoms with Crippen molar-refractivity contribution in [1.82, 2.24) is 19.4 Å². The number of rotatable bonds is 5. The molecular weight excluding hydrogens is 404 g/mol. The largest absolute Gasteiger partial charge is 0.459 e. The number of nitrogens with zero attached hydrogens (tertiary/aromatic N) is 3. The molecule has 1 aromatic carbocycles. The van der Waals surface area contributed by atoms with E-state index in [-0.39, 0.29) is 30.7 Å². The van der Waals surface area contributed by atoms with E-state index in [1.807, 2.05) is 0 Å². The van der Waals surface area contributed by atoms with Gasteiger partial charge in [-0.2, -0.15) is 0 Å². The van der Waals surface area contributed by atoms with E-state index in [1.54, 1.807) is 34.1 Å². The number of furan rings is 1. The Morgan fingerprint density at radius 1 is 1.06 bits per heavy atom. The maximum Gasteiger partial charge on any atom is 0.328 e. The number of aromatic amines is 1. The van der Waals surface area contributed by atoms with Crippen LogP contribution in [0.3, 0.4) is 0 Å². The summed E-state index contributed by atoms with van der Waals surface area (Å²) in [5.41, 5.74) is -0.312. The molecule has 3 heterocycles. The van der Waals surface area contributed by atoms with Crippen LogP contribution in [0.4, 0.5) is 0 Å². The fourth-order valence-corrected chi connectivity index (χ4v) is 3.62. The summed E-state index contributed by atoms with van der Waals surface area (Å²) in [6.45, 7) is 1.90. The predicted octanol–water partition coefficient (Wildman–Crippen LogP) is 0.527. The number of piperazine rings is 1. The molecule has 31 heavy (non-hydrogen) atoms. The van der Waals surface area contributed by atoms with Gasteiger partial charge >= 0.3 is 5.69 Å². The van der Waals surface area contributed by atoms with Crippen LogP contribution in [0.25, 0.3) is 10.9 Å². The summed E-state index contributed by atoms with van der Waals surface area (Å²) in [6, 6.07) is 7.90. The Morgan fingerprint density at radius 2 is 1.77 bits per heavy atom. The van der Waals surface area contributed by atoms with Gasteiger partial charge in [-0.15, -0.1) is 0 Å². The topological polar surface area (TPSA) is 118 Å². The normalized spacial score (nSPS) is 14.2. The summed E-state index contributed by atoms with van der Waals surface area (Å²) < 4.78 is 11.2. The van der Waals surface area contributed by atoms with Crippen LogP contribution in [0, 0.1) is 0 Å². The lowest BCUT2D eigenvalue weighted by atomic mass is 10.1. The van der Waals surface area contributed by atoms with Gasteiger partial charge in [0.25, 0.3) is 17.4 Å². The quantitative estimate of drug-likeness (QED) is 0.636. The van der Waals surface area contributed by atoms with Crippen LogP contribution < -0.4 is 11.2 Å². The maximum absolute atomic E-state index is 12.9. The average molecular weight is 426 g/mol. The zero-order chi connectivity index (χ0) is 22.0. The second-order valence-electron chi connectivity index (χ2n) is 7.20. The first-order valence-electron chi connectivity index (χ1n) is 9.87. The van der Waals surface area contributed by atoms with Crippen molar-refractivity contribution in [1.29, 1.82) is 0 Å². The van der Waals surface area contributed by atoms with Crippen molar-refractivity contribution in [3.63, 3.8) is 0 Å². The van der Waals surface area contributed by atoms with Gasteiger partial charge < -0.3 is 23.9 Å². The number of amides is 2. The highest BCUT2D eigenvalue weighted by atomic mass is 16.5. The third-order valence-electron chi connectivity index (χ3n) is 5.33. The highest BCUT2D eigenvalue weighted by Crippen LogP contribution is 2.15. The Morgan fingerprint density at radius 3 is 2.42 bits per heavy atom. The molecule has 0 spiro atoms. The molecule has 0 saturated carbocycles. The number of benzene rings is 1. The number of hydrogen-bond donors (Lipinski definition) is 1. The van der Waals surface area contributed by atoms with Gasteiger partial charge in [-0.1, -0.05) is 0 Å². The van der Waals surface area contributed by atoms with Crippen LogP contribution in [0.5, 0.6) is 0 Å². The molecule has 1 fully saturated rings. The molecule has 2 amide bonds. The van der Waals surface area contributed by atoms with E-state index in [2.05, 4.69) is 4.98 Å². The molecule has 162 valence electrons. The molecular formula is C21H22N4O6. The van der Waals surface area contributed by atoms with Crippen LogP contribution in [0.1, 0.15) is 20.9 Å². The SMILES string of the molecule is COCCn1c(=O)[nH]c2cc(C(=O)N3CCN(C(=O)c4ccco4)CC3)ccc2c1=O. The molecule has 1 N–H and O–H groups in total. The van der Waals surface area contributed by atoms with E-state index >= 15 is 0 Å². The number of fused-ring (bicyclic) bond motifs is 1. The van der Waals surface area contributed by atoms with Gasteiger partial charge in [0.2, 0.25) is 0 Å². The highest BCUT2D eigenvalue weighted by Gasteiger charge is 2.26. The van der Waals surface area contributed by atoms with Crippen LogP contribution in [-0.4, -0.2) is 71.1 Å². The standard InChI is InChI=1S/C21H22N4O6/c1-30-12-10-25-19(27)15-5-4-14(13-16(15)22-21(25)29)18(26)23-6-8-24(9-7-23)20(28)17-3-2-11-31-17/h2-5,11,13H,6-10,12H2,1H3,(H,22,29). The Bertz CT molecular complexity index is 1220. The van der Waals surface area contributed by atoms with Gasteiger partial charge in [0.1, 0.15) is 0 Å². The molecule has 2 aromatic heterocycles. The van der Waals surface area contributed by atoms with Gasteiger partial charge in [-0.25, -0.2) is 4.79 Å². The van der Waals surface area contributed by atoms with E-state index < -0.39 is 11.2 Å². The number of carbonyl (C=O) groups is 2. The molecule has 10 heteroatoms. The van der Waals surface area contributed by atoms with E-state index in [0.29, 0.717) is 42.6 Å². The number of carbonyl (C=O) groups excluding carboxylic acids is 2. The number of nitrogens with one attached hydrogen (secondary N) is 1. The summed E-state index contributed by atoms with van der Waals surface area (Å²) in [6.07, 6.45) is 1.45. The van der Waals surface area contributed by atoms with Gasteiger partial charge in [-0.05, 0) is 30.3 Å². The number of aromatic nitrogens is 2. The predicted molar refractivity (Wildman–Crippen MR) is 111 cm³/mol. The Kier molecular flexibility index (Phi) is 5.72. The van der Waals surface area contributed by atoms with Crippen molar-refractivity contribution in [2.45, 2.75) is 6.54 Å². The molecule has 0 bridgehead atoms. The number of ether oxygens (including phenoxy) is 1. The van der Waals surface area contributed by atoms with Gasteiger partial charge in [0, 0.05) is 38.9 Å². The van der Waals surface area contributed by atoms with Crippen molar-refractivity contribution < 1.29 is 18.7 Å².